The highest BCUT2D eigenvalue weighted by Gasteiger charge is 2.33. The summed E-state index contributed by atoms with van der Waals surface area (Å²) in [5.74, 6) is -0.774. The van der Waals surface area contributed by atoms with Crippen LogP contribution in [0.25, 0.3) is 0 Å². The van der Waals surface area contributed by atoms with E-state index in [1.54, 1.807) is 42.5 Å². The molecule has 2 aromatic carbocycles. The molecule has 3 amide bonds. The Morgan fingerprint density at radius 1 is 1.19 bits per heavy atom. The fraction of sp³-hybridized carbons (Fsp3) is 0.318. The lowest BCUT2D eigenvalue weighted by Gasteiger charge is -2.25. The van der Waals surface area contributed by atoms with Crippen molar-refractivity contribution < 1.29 is 19.1 Å². The van der Waals surface area contributed by atoms with E-state index < -0.39 is 0 Å². The molecule has 1 fully saturated rings. The van der Waals surface area contributed by atoms with Gasteiger partial charge in [0.2, 0.25) is 11.8 Å². The Morgan fingerprint density at radius 2 is 1.90 bits per heavy atom. The molecule has 0 aliphatic carbocycles. The van der Waals surface area contributed by atoms with Gasteiger partial charge >= 0.3 is 0 Å². The smallest absolute Gasteiger partial charge is 0.254 e. The average Bonchev–Trinajstić information content (AvgIpc) is 3.14. The van der Waals surface area contributed by atoms with Crippen LogP contribution in [-0.2, 0) is 14.3 Å². The fourth-order valence-corrected chi connectivity index (χ4v) is 3.74. The first kappa shape index (κ1) is 23.2. The lowest BCUT2D eigenvalue weighted by atomic mass is 10.2. The van der Waals surface area contributed by atoms with Gasteiger partial charge in [-0.1, -0.05) is 33.6 Å². The van der Waals surface area contributed by atoms with Crippen LogP contribution in [0.4, 0.5) is 5.69 Å². The molecule has 0 unspecified atom stereocenters. The average molecular weight is 509 g/mol. The van der Waals surface area contributed by atoms with Gasteiger partial charge in [-0.15, -0.1) is 0 Å². The van der Waals surface area contributed by atoms with E-state index in [-0.39, 0.29) is 44.0 Å². The molecule has 0 radical (unpaired) electrons. The Morgan fingerprint density at radius 3 is 2.58 bits per heavy atom. The maximum atomic E-state index is 13.0. The Labute approximate surface area is 194 Å². The summed E-state index contributed by atoms with van der Waals surface area (Å²) in [5.41, 5.74) is 1.93. The number of methoxy groups -OCH3 is 1. The zero-order valence-electron chi connectivity index (χ0n) is 17.3. The van der Waals surface area contributed by atoms with E-state index in [1.807, 2.05) is 6.92 Å². The second-order valence-electron chi connectivity index (χ2n) is 7.17. The molecule has 2 aromatic rings. The standard InChI is InChI=1S/C22H23BrClN3O4/c1-15-18(24)4-3-5-19(15)27-14-26(13-21(27)29)20(28)12-25(10-11-31-2)22(30)16-6-8-17(23)9-7-16/h3-9H,10-14H2,1-2H3. The van der Waals surface area contributed by atoms with Gasteiger partial charge < -0.3 is 14.5 Å². The van der Waals surface area contributed by atoms with E-state index in [9.17, 15) is 14.4 Å². The highest BCUT2D eigenvalue weighted by atomic mass is 79.9. The minimum absolute atomic E-state index is 0.0463. The Hall–Kier alpha value is -2.42. The van der Waals surface area contributed by atoms with Crippen molar-refractivity contribution in [2.45, 2.75) is 6.92 Å². The molecule has 0 saturated carbocycles. The topological polar surface area (TPSA) is 70.2 Å². The first-order valence-corrected chi connectivity index (χ1v) is 10.9. The highest BCUT2D eigenvalue weighted by molar-refractivity contribution is 9.10. The van der Waals surface area contributed by atoms with Gasteiger partial charge in [0.15, 0.2) is 0 Å². The molecule has 0 spiro atoms. The number of hydrogen-bond donors (Lipinski definition) is 0. The van der Waals surface area contributed by atoms with Crippen LogP contribution >= 0.6 is 27.5 Å². The monoisotopic (exact) mass is 507 g/mol. The maximum absolute atomic E-state index is 13.0. The summed E-state index contributed by atoms with van der Waals surface area (Å²) in [6, 6.07) is 12.3. The van der Waals surface area contributed by atoms with E-state index in [4.69, 9.17) is 16.3 Å². The zero-order chi connectivity index (χ0) is 22.5. The SMILES string of the molecule is COCCN(CC(=O)N1CC(=O)N(c2cccc(Cl)c2C)C1)C(=O)c1ccc(Br)cc1. The number of ether oxygens (including phenoxy) is 1. The second kappa shape index (κ2) is 10.3. The largest absolute Gasteiger partial charge is 0.383 e. The predicted octanol–water partition coefficient (Wildman–Crippen LogP) is 3.33. The summed E-state index contributed by atoms with van der Waals surface area (Å²) in [5, 5.41) is 0.556. The van der Waals surface area contributed by atoms with E-state index in [0.29, 0.717) is 22.9 Å². The molecule has 1 heterocycles. The summed E-state index contributed by atoms with van der Waals surface area (Å²) in [4.78, 5) is 42.9. The lowest BCUT2D eigenvalue weighted by molar-refractivity contribution is -0.132. The normalized spacial score (nSPS) is 13.6. The summed E-state index contributed by atoms with van der Waals surface area (Å²) < 4.78 is 5.96. The van der Waals surface area contributed by atoms with E-state index >= 15 is 0 Å². The fourth-order valence-electron chi connectivity index (χ4n) is 3.31. The van der Waals surface area contributed by atoms with Gasteiger partial charge in [0.1, 0.15) is 19.8 Å². The van der Waals surface area contributed by atoms with Crippen molar-refractivity contribution in [1.82, 2.24) is 9.80 Å². The predicted molar refractivity (Wildman–Crippen MR) is 122 cm³/mol. The number of benzene rings is 2. The van der Waals surface area contributed by atoms with Crippen LogP contribution in [0.15, 0.2) is 46.9 Å². The molecule has 31 heavy (non-hydrogen) atoms. The third-order valence-electron chi connectivity index (χ3n) is 5.09. The van der Waals surface area contributed by atoms with Gasteiger partial charge in [0, 0.05) is 34.4 Å². The van der Waals surface area contributed by atoms with Crippen LogP contribution in [0.1, 0.15) is 15.9 Å². The quantitative estimate of drug-likeness (QED) is 0.575. The minimum Gasteiger partial charge on any atom is -0.383 e. The maximum Gasteiger partial charge on any atom is 0.254 e. The van der Waals surface area contributed by atoms with Crippen molar-refractivity contribution in [3.63, 3.8) is 0 Å². The van der Waals surface area contributed by atoms with E-state index in [1.165, 1.54) is 21.8 Å². The number of nitrogens with zero attached hydrogens (tertiary/aromatic N) is 3. The number of rotatable bonds is 7. The number of hydrogen-bond acceptors (Lipinski definition) is 4. The third kappa shape index (κ3) is 5.44. The van der Waals surface area contributed by atoms with Gasteiger partial charge in [0.25, 0.3) is 5.91 Å². The lowest BCUT2D eigenvalue weighted by Crippen LogP contribution is -2.44. The van der Waals surface area contributed by atoms with Crippen molar-refractivity contribution in [3.05, 3.63) is 63.1 Å². The van der Waals surface area contributed by atoms with Gasteiger partial charge in [-0.25, -0.2) is 0 Å². The summed E-state index contributed by atoms with van der Waals surface area (Å²) in [6.45, 7) is 2.31. The molecule has 164 valence electrons. The molecule has 0 atom stereocenters. The Balaban J connectivity index is 1.72. The molecule has 7 nitrogen and oxygen atoms in total. The van der Waals surface area contributed by atoms with Crippen molar-refractivity contribution in [3.8, 4) is 0 Å². The first-order chi connectivity index (χ1) is 14.8. The summed E-state index contributed by atoms with van der Waals surface area (Å²) in [7, 11) is 1.54. The van der Waals surface area contributed by atoms with Crippen molar-refractivity contribution in [2.24, 2.45) is 0 Å². The third-order valence-corrected chi connectivity index (χ3v) is 6.03. The number of halogens is 2. The van der Waals surface area contributed by atoms with Crippen molar-refractivity contribution in [1.29, 1.82) is 0 Å². The number of anilines is 1. The van der Waals surface area contributed by atoms with Crippen LogP contribution in [0.3, 0.4) is 0 Å². The van der Waals surface area contributed by atoms with Crippen molar-refractivity contribution in [2.75, 3.05) is 44.9 Å². The van der Waals surface area contributed by atoms with Crippen LogP contribution in [0.2, 0.25) is 5.02 Å². The van der Waals surface area contributed by atoms with Gasteiger partial charge in [-0.2, -0.15) is 0 Å². The zero-order valence-corrected chi connectivity index (χ0v) is 19.6. The minimum atomic E-state index is -0.308. The number of carbonyl (C=O) groups excluding carboxylic acids is 3. The number of amides is 3. The van der Waals surface area contributed by atoms with E-state index in [2.05, 4.69) is 15.9 Å². The second-order valence-corrected chi connectivity index (χ2v) is 8.49. The molecular formula is C22H23BrClN3O4. The summed E-state index contributed by atoms with van der Waals surface area (Å²) >= 11 is 9.53. The van der Waals surface area contributed by atoms with Crippen LogP contribution in [-0.4, -0.2) is 67.5 Å². The Kier molecular flexibility index (Phi) is 7.69. The van der Waals surface area contributed by atoms with Gasteiger partial charge in [0.05, 0.1) is 6.61 Å². The van der Waals surface area contributed by atoms with Gasteiger partial charge in [-0.05, 0) is 48.9 Å². The van der Waals surface area contributed by atoms with Crippen LogP contribution in [0, 0.1) is 6.92 Å². The number of carbonyl (C=O) groups is 3. The molecule has 0 N–H and O–H groups in total. The molecule has 1 aliphatic rings. The molecule has 9 heteroatoms. The van der Waals surface area contributed by atoms with Crippen LogP contribution in [0.5, 0.6) is 0 Å². The Bertz CT molecular complexity index is 983. The van der Waals surface area contributed by atoms with Gasteiger partial charge in [-0.3, -0.25) is 19.3 Å². The first-order valence-electron chi connectivity index (χ1n) is 9.69. The molecule has 1 saturated heterocycles. The molecule has 0 aromatic heterocycles. The summed E-state index contributed by atoms with van der Waals surface area (Å²) in [6.07, 6.45) is 0. The molecule has 0 bridgehead atoms. The molecular weight excluding hydrogens is 486 g/mol. The highest BCUT2D eigenvalue weighted by Crippen LogP contribution is 2.28. The van der Waals surface area contributed by atoms with Crippen molar-refractivity contribution >= 4 is 50.9 Å². The van der Waals surface area contributed by atoms with E-state index in [0.717, 1.165) is 10.0 Å². The van der Waals surface area contributed by atoms with Crippen LogP contribution < -0.4 is 4.90 Å². The molecule has 3 rings (SSSR count). The molecule has 1 aliphatic heterocycles.